The van der Waals surface area contributed by atoms with E-state index in [1.807, 2.05) is 0 Å². The summed E-state index contributed by atoms with van der Waals surface area (Å²) in [4.78, 5) is 59.4. The number of alkyl halides is 3. The smallest absolute Gasteiger partial charge is 0.469 e. The molecule has 2 aliphatic rings. The molecule has 47 heavy (non-hydrogen) atoms. The summed E-state index contributed by atoms with van der Waals surface area (Å²) in [5, 5.41) is 5.47. The SMILES string of the molecule is COc1cc(CP(=O)(O)O)ccc1Nc1ncc(C(F)(F)F)c(Nc2ccc([C@H]3CC[C@H](OP(=O)(O)O)CC3)c3c2C(=O)N(C)C3)n1. The van der Waals surface area contributed by atoms with Crippen molar-refractivity contribution in [2.75, 3.05) is 24.8 Å². The second-order valence-corrected chi connectivity index (χ2v) is 14.2. The van der Waals surface area contributed by atoms with Crippen LogP contribution in [-0.2, 0) is 32.5 Å². The summed E-state index contributed by atoms with van der Waals surface area (Å²) in [5.41, 5.74) is 1.07. The molecule has 0 bridgehead atoms. The number of nitrogens with zero attached hydrogens (tertiary/aromatic N) is 3. The number of fused-ring (bicyclic) bond motifs is 1. The van der Waals surface area contributed by atoms with Crippen molar-refractivity contribution in [2.45, 2.75) is 56.6 Å². The fourth-order valence-corrected chi connectivity index (χ4v) is 7.18. The minimum atomic E-state index is -4.86. The van der Waals surface area contributed by atoms with Crippen LogP contribution in [0.2, 0.25) is 0 Å². The number of carbonyl (C=O) groups excluding carboxylic acids is 1. The summed E-state index contributed by atoms with van der Waals surface area (Å²) < 4.78 is 75.1. The number of halogens is 3. The molecule has 1 aliphatic carbocycles. The molecule has 1 aliphatic heterocycles. The molecule has 3 aromatic rings. The highest BCUT2D eigenvalue weighted by Crippen LogP contribution is 2.46. The molecule has 0 radical (unpaired) electrons. The Morgan fingerprint density at radius 3 is 2.32 bits per heavy atom. The van der Waals surface area contributed by atoms with E-state index in [0.717, 1.165) is 5.56 Å². The van der Waals surface area contributed by atoms with E-state index < -0.39 is 51.1 Å². The molecule has 14 nitrogen and oxygen atoms in total. The predicted octanol–water partition coefficient (Wildman–Crippen LogP) is 5.39. The Kier molecular flexibility index (Phi) is 9.73. The Labute approximate surface area is 266 Å². The van der Waals surface area contributed by atoms with Crippen LogP contribution in [0.1, 0.15) is 64.2 Å². The van der Waals surface area contributed by atoms with Crippen LogP contribution in [0, 0.1) is 0 Å². The maximum absolute atomic E-state index is 14.1. The molecule has 0 saturated heterocycles. The van der Waals surface area contributed by atoms with E-state index in [1.165, 1.54) is 36.3 Å². The summed E-state index contributed by atoms with van der Waals surface area (Å²) >= 11 is 0. The molecule has 0 spiro atoms. The molecule has 1 aromatic heterocycles. The molecule has 1 amide bonds. The summed E-state index contributed by atoms with van der Waals surface area (Å²) in [5.74, 6) is -1.20. The Bertz CT molecular complexity index is 1770. The van der Waals surface area contributed by atoms with Crippen LogP contribution in [0.3, 0.4) is 0 Å². The molecule has 1 fully saturated rings. The van der Waals surface area contributed by atoms with Gasteiger partial charge in [-0.1, -0.05) is 12.1 Å². The van der Waals surface area contributed by atoms with E-state index in [4.69, 9.17) is 19.0 Å². The lowest BCUT2D eigenvalue weighted by molar-refractivity contribution is -0.137. The second kappa shape index (κ2) is 13.2. The number of hydrogen-bond donors (Lipinski definition) is 6. The number of amides is 1. The molecule has 2 aromatic carbocycles. The Hall–Kier alpha value is -3.56. The van der Waals surface area contributed by atoms with Gasteiger partial charge in [0.25, 0.3) is 5.91 Å². The number of carbonyl (C=O) groups is 1. The van der Waals surface area contributed by atoms with Crippen molar-refractivity contribution < 1.29 is 55.9 Å². The zero-order valence-electron chi connectivity index (χ0n) is 25.1. The number of nitrogens with one attached hydrogen (secondary N) is 2. The van der Waals surface area contributed by atoms with Gasteiger partial charge >= 0.3 is 21.6 Å². The van der Waals surface area contributed by atoms with Crippen molar-refractivity contribution in [3.8, 4) is 5.75 Å². The number of phosphoric ester groups is 1. The number of methoxy groups -OCH3 is 1. The van der Waals surface area contributed by atoms with Crippen LogP contribution in [0.15, 0.2) is 36.5 Å². The van der Waals surface area contributed by atoms with Crippen molar-refractivity contribution in [3.05, 3.63) is 64.3 Å². The van der Waals surface area contributed by atoms with E-state index >= 15 is 0 Å². The van der Waals surface area contributed by atoms with Gasteiger partial charge in [0.05, 0.1) is 36.3 Å². The van der Waals surface area contributed by atoms with Crippen molar-refractivity contribution >= 4 is 44.5 Å². The van der Waals surface area contributed by atoms with E-state index in [1.54, 1.807) is 13.1 Å². The van der Waals surface area contributed by atoms with Gasteiger partial charge in [0, 0.05) is 19.8 Å². The first kappa shape index (κ1) is 34.8. The average molecular weight is 702 g/mol. The molecule has 5 rings (SSSR count). The topological polar surface area (TPSA) is 204 Å². The molecule has 2 heterocycles. The first-order valence-corrected chi connectivity index (χ1v) is 17.6. The standard InChI is InChI=1S/C28H32F3N5O9P2/c1-36-13-19-18(16-4-6-17(7-5-16)45-47(41,42)43)8-10-22(24(19)26(36)37)33-25-20(28(29,30)31)12-32-27(35-25)34-21-9-3-15(11-23(21)44-2)14-46(38,39)40/h3,8-12,16-17H,4-7,13-14H2,1-2H3,(H2,38,39,40)(H2,41,42,43)(H2,32,33,34,35)/t16-,17-. The van der Waals surface area contributed by atoms with Crippen molar-refractivity contribution in [1.29, 1.82) is 0 Å². The van der Waals surface area contributed by atoms with E-state index in [-0.39, 0.29) is 46.7 Å². The number of benzene rings is 2. The minimum absolute atomic E-state index is 0.0580. The van der Waals surface area contributed by atoms with Gasteiger partial charge in [0.15, 0.2) is 0 Å². The first-order valence-electron chi connectivity index (χ1n) is 14.3. The minimum Gasteiger partial charge on any atom is -0.495 e. The number of hydrogen-bond acceptors (Lipinski definition) is 9. The van der Waals surface area contributed by atoms with Crippen molar-refractivity contribution in [1.82, 2.24) is 14.9 Å². The number of ether oxygens (including phenoxy) is 1. The highest BCUT2D eigenvalue weighted by atomic mass is 31.2. The number of aromatic nitrogens is 2. The molecule has 0 atom stereocenters. The van der Waals surface area contributed by atoms with Gasteiger partial charge in [-0.15, -0.1) is 0 Å². The van der Waals surface area contributed by atoms with E-state index in [9.17, 15) is 36.9 Å². The lowest BCUT2D eigenvalue weighted by atomic mass is 9.80. The summed E-state index contributed by atoms with van der Waals surface area (Å²) in [6.45, 7) is 0.221. The third-order valence-electron chi connectivity index (χ3n) is 7.95. The fourth-order valence-electron chi connectivity index (χ4n) is 5.91. The van der Waals surface area contributed by atoms with Crippen LogP contribution in [-0.4, -0.2) is 60.6 Å². The highest BCUT2D eigenvalue weighted by molar-refractivity contribution is 7.50. The van der Waals surface area contributed by atoms with E-state index in [0.29, 0.717) is 37.4 Å². The normalized spacial score (nSPS) is 18.7. The van der Waals surface area contributed by atoms with Crippen LogP contribution in [0.25, 0.3) is 0 Å². The maximum atomic E-state index is 14.1. The summed E-state index contributed by atoms with van der Waals surface area (Å²) in [6.07, 6.45) is -3.58. The van der Waals surface area contributed by atoms with Gasteiger partial charge in [0.2, 0.25) is 5.95 Å². The quantitative estimate of drug-likeness (QED) is 0.147. The van der Waals surface area contributed by atoms with Gasteiger partial charge in [-0.25, -0.2) is 9.55 Å². The Morgan fingerprint density at radius 2 is 1.70 bits per heavy atom. The number of phosphoric acid groups is 1. The first-order chi connectivity index (χ1) is 21.9. The van der Waals surface area contributed by atoms with Gasteiger partial charge < -0.3 is 39.8 Å². The molecule has 254 valence electrons. The third-order valence-corrected chi connectivity index (χ3v) is 9.30. The average Bonchev–Trinajstić information content (AvgIpc) is 3.26. The summed E-state index contributed by atoms with van der Waals surface area (Å²) in [6, 6.07) is 7.46. The zero-order chi connectivity index (χ0) is 34.3. The number of anilines is 4. The second-order valence-electron chi connectivity index (χ2n) is 11.3. The predicted molar refractivity (Wildman–Crippen MR) is 163 cm³/mol. The van der Waals surface area contributed by atoms with Gasteiger partial charge in [-0.2, -0.15) is 18.2 Å². The molecule has 0 unspecified atom stereocenters. The maximum Gasteiger partial charge on any atom is 0.469 e. The van der Waals surface area contributed by atoms with Gasteiger partial charge in [0.1, 0.15) is 17.1 Å². The molecule has 6 N–H and O–H groups in total. The monoisotopic (exact) mass is 701 g/mol. The van der Waals surface area contributed by atoms with Crippen LogP contribution in [0.5, 0.6) is 5.75 Å². The van der Waals surface area contributed by atoms with Crippen molar-refractivity contribution in [3.63, 3.8) is 0 Å². The number of rotatable bonds is 10. The van der Waals surface area contributed by atoms with Crippen LogP contribution < -0.4 is 15.4 Å². The molecular weight excluding hydrogens is 669 g/mol. The van der Waals surface area contributed by atoms with Gasteiger partial charge in [-0.3, -0.25) is 13.9 Å². The summed E-state index contributed by atoms with van der Waals surface area (Å²) in [7, 11) is -6.12. The lowest BCUT2D eigenvalue weighted by Crippen LogP contribution is -2.20. The van der Waals surface area contributed by atoms with Crippen LogP contribution >= 0.6 is 15.4 Å². The zero-order valence-corrected chi connectivity index (χ0v) is 26.9. The van der Waals surface area contributed by atoms with Crippen molar-refractivity contribution in [2.24, 2.45) is 0 Å². The Morgan fingerprint density at radius 1 is 1.02 bits per heavy atom. The molecule has 19 heteroatoms. The van der Waals surface area contributed by atoms with Crippen LogP contribution in [0.4, 0.5) is 36.3 Å². The third kappa shape index (κ3) is 8.30. The highest BCUT2D eigenvalue weighted by Gasteiger charge is 2.38. The molecular formula is C28H32F3N5O9P2. The molecule has 1 saturated carbocycles. The van der Waals surface area contributed by atoms with Gasteiger partial charge in [-0.05, 0) is 66.5 Å². The lowest BCUT2D eigenvalue weighted by Gasteiger charge is -2.30. The fraction of sp³-hybridized carbons (Fsp3) is 0.393. The largest absolute Gasteiger partial charge is 0.495 e. The Balaban J connectivity index is 1.45. The van der Waals surface area contributed by atoms with E-state index in [2.05, 4.69) is 20.6 Å².